The fourth-order valence-corrected chi connectivity index (χ4v) is 4.12. The van der Waals surface area contributed by atoms with Gasteiger partial charge in [0.25, 0.3) is 0 Å². The molecule has 0 unspecified atom stereocenters. The molecule has 0 aromatic rings. The van der Waals surface area contributed by atoms with Crippen molar-refractivity contribution >= 4 is 0 Å². The Kier molecular flexibility index (Phi) is 7.44. The second-order valence-electron chi connectivity index (χ2n) is 6.81. The molecular formula is C20H24F2Ti. The summed E-state index contributed by atoms with van der Waals surface area (Å²) in [6.07, 6.45) is 23.3. The molecule has 4 fully saturated rings. The molecule has 0 N–H and O–H groups in total. The minimum atomic E-state index is -2.50. The third-order valence-corrected chi connectivity index (χ3v) is 5.25. The maximum atomic E-state index is 9.75. The third kappa shape index (κ3) is 5.03. The van der Waals surface area contributed by atoms with Crippen molar-refractivity contribution in [3.8, 4) is 0 Å². The van der Waals surface area contributed by atoms with Crippen LogP contribution in [0.5, 0.6) is 0 Å². The molecular weight excluding hydrogens is 326 g/mol. The molecule has 4 saturated carbocycles. The van der Waals surface area contributed by atoms with E-state index in [1.165, 1.54) is 64.2 Å². The summed E-state index contributed by atoms with van der Waals surface area (Å²) in [5.41, 5.74) is 0. The zero-order chi connectivity index (χ0) is 16.1. The zero-order valence-corrected chi connectivity index (χ0v) is 15.2. The molecule has 23 heavy (non-hydrogen) atoms. The Bertz CT molecular complexity index is 289. The van der Waals surface area contributed by atoms with E-state index in [0.29, 0.717) is 0 Å². The van der Waals surface area contributed by atoms with Gasteiger partial charge in [-0.15, -0.1) is 0 Å². The number of hydrogen-bond donors (Lipinski definition) is 0. The normalized spacial score (nSPS) is 28.3. The molecule has 3 heteroatoms. The van der Waals surface area contributed by atoms with E-state index in [0.717, 1.165) is 0 Å². The molecule has 0 saturated heterocycles. The minimum absolute atomic E-state index is 1.23. The van der Waals surface area contributed by atoms with E-state index >= 15 is 0 Å². The van der Waals surface area contributed by atoms with E-state index in [9.17, 15) is 6.18 Å². The summed E-state index contributed by atoms with van der Waals surface area (Å²) >= 11 is -2.50. The zero-order valence-electron chi connectivity index (χ0n) is 13.6. The third-order valence-electron chi connectivity index (χ3n) is 5.25. The van der Waals surface area contributed by atoms with Crippen molar-refractivity contribution in [2.75, 3.05) is 0 Å². The summed E-state index contributed by atoms with van der Waals surface area (Å²) in [7, 11) is 0. The van der Waals surface area contributed by atoms with Crippen molar-refractivity contribution in [2.24, 2.45) is 0 Å². The van der Waals surface area contributed by atoms with Crippen LogP contribution in [0.1, 0.15) is 64.2 Å². The summed E-state index contributed by atoms with van der Waals surface area (Å²) in [4.78, 5) is 0. The average molecular weight is 350 g/mol. The van der Waals surface area contributed by atoms with Gasteiger partial charge in [0.2, 0.25) is 0 Å². The number of fused-ring (bicyclic) bond motifs is 2. The first-order chi connectivity index (χ1) is 11.3. The van der Waals surface area contributed by atoms with E-state index in [1.807, 2.05) is 0 Å². The monoisotopic (exact) mass is 350 g/mol. The van der Waals surface area contributed by atoms with Crippen molar-refractivity contribution in [3.63, 3.8) is 0 Å². The van der Waals surface area contributed by atoms with Crippen LogP contribution in [-0.4, -0.2) is 0 Å². The van der Waals surface area contributed by atoms with E-state index < -0.39 is 20.2 Å². The summed E-state index contributed by atoms with van der Waals surface area (Å²) in [6, 6.07) is 0. The Morgan fingerprint density at radius 2 is 0.870 bits per heavy atom. The van der Waals surface area contributed by atoms with Crippen LogP contribution in [0.4, 0.5) is 6.18 Å². The van der Waals surface area contributed by atoms with Gasteiger partial charge >= 0.3 is 26.4 Å². The van der Waals surface area contributed by atoms with Crippen LogP contribution in [0.3, 0.4) is 0 Å². The Morgan fingerprint density at radius 1 is 0.609 bits per heavy atom. The predicted octanol–water partition coefficient (Wildman–Crippen LogP) is 6.04. The topological polar surface area (TPSA) is 0 Å². The van der Waals surface area contributed by atoms with Gasteiger partial charge in [-0.2, -0.15) is 0 Å². The summed E-state index contributed by atoms with van der Waals surface area (Å²) in [5.74, 6) is 9.74. The van der Waals surface area contributed by atoms with E-state index in [-0.39, 0.29) is 0 Å². The van der Waals surface area contributed by atoms with E-state index in [4.69, 9.17) is 0 Å². The summed E-state index contributed by atoms with van der Waals surface area (Å²) in [5, 5.41) is 0. The molecule has 0 nitrogen and oxygen atoms in total. The first kappa shape index (κ1) is 18.4. The Balaban J connectivity index is 0.000000485. The van der Waals surface area contributed by atoms with Crippen LogP contribution in [0.2, 0.25) is 0 Å². The van der Waals surface area contributed by atoms with Crippen LogP contribution in [0.25, 0.3) is 0 Å². The van der Waals surface area contributed by atoms with Crippen molar-refractivity contribution in [1.82, 2.24) is 0 Å². The molecule has 0 aromatic carbocycles. The molecule has 4 rings (SSSR count). The molecule has 10 radical (unpaired) electrons. The van der Waals surface area contributed by atoms with Gasteiger partial charge in [0.05, 0.1) is 0 Å². The molecule has 0 atom stereocenters. The first-order valence-electron chi connectivity index (χ1n) is 8.81. The molecule has 0 heterocycles. The SMILES string of the molecule is [CH]1[C](CC[C]2[CH][C]3CCCC[C]3[CH]2)[CH][C]2CCCC[C]12.[F][Ti][F]. The molecule has 0 aliphatic heterocycles. The molecule has 0 aromatic heterocycles. The quantitative estimate of drug-likeness (QED) is 0.544. The van der Waals surface area contributed by atoms with Gasteiger partial charge in [-0.1, -0.05) is 25.7 Å². The molecule has 4 aliphatic carbocycles. The molecule has 0 bridgehead atoms. The van der Waals surface area contributed by atoms with Crippen LogP contribution >= 0.6 is 0 Å². The molecule has 0 amide bonds. The fourth-order valence-electron chi connectivity index (χ4n) is 4.12. The second kappa shape index (κ2) is 9.32. The predicted molar refractivity (Wildman–Crippen MR) is 85.0 cm³/mol. The Labute approximate surface area is 151 Å². The average Bonchev–Trinajstić information content (AvgIpc) is 3.16. The standard InChI is InChI=1S/C20H24.2FH.Ti/c1-2-6-18-12-15(11-17(18)5-1)9-10-16-13-19-7-3-4-8-20(19)14-16;;;/h11-14H,1-10H2;2*1H;/q;;;+2/p-2. The van der Waals surface area contributed by atoms with Crippen LogP contribution in [0, 0.1) is 61.2 Å². The second-order valence-corrected chi connectivity index (χ2v) is 7.04. The van der Waals surface area contributed by atoms with Gasteiger partial charge in [-0.05, 0) is 99.7 Å². The van der Waals surface area contributed by atoms with Gasteiger partial charge < -0.3 is 0 Å². The number of rotatable bonds is 3. The fraction of sp³-hybridized carbons (Fsp3) is 0.500. The molecule has 4 aliphatic rings. The van der Waals surface area contributed by atoms with Crippen LogP contribution in [0.15, 0.2) is 0 Å². The van der Waals surface area contributed by atoms with Crippen molar-refractivity contribution in [3.05, 3.63) is 61.2 Å². The maximum absolute atomic E-state index is 9.75. The molecule has 0 spiro atoms. The Morgan fingerprint density at radius 3 is 1.13 bits per heavy atom. The van der Waals surface area contributed by atoms with Gasteiger partial charge in [-0.3, -0.25) is 0 Å². The van der Waals surface area contributed by atoms with Crippen molar-refractivity contribution < 1.29 is 26.4 Å². The van der Waals surface area contributed by atoms with Crippen molar-refractivity contribution in [2.45, 2.75) is 64.2 Å². The van der Waals surface area contributed by atoms with Crippen LogP contribution in [-0.2, 0) is 20.2 Å². The number of hydrogen-bond acceptors (Lipinski definition) is 0. The number of halogens is 2. The van der Waals surface area contributed by atoms with Crippen LogP contribution < -0.4 is 0 Å². The van der Waals surface area contributed by atoms with Gasteiger partial charge in [0.1, 0.15) is 0 Å². The van der Waals surface area contributed by atoms with Gasteiger partial charge in [-0.25, -0.2) is 0 Å². The summed E-state index contributed by atoms with van der Waals surface area (Å²) in [6.45, 7) is 0. The van der Waals surface area contributed by atoms with E-state index in [2.05, 4.69) is 25.7 Å². The van der Waals surface area contributed by atoms with Gasteiger partial charge in [0.15, 0.2) is 0 Å². The van der Waals surface area contributed by atoms with Crippen molar-refractivity contribution in [1.29, 1.82) is 0 Å². The molecule has 122 valence electrons. The first-order valence-corrected chi connectivity index (χ1v) is 9.99. The summed E-state index contributed by atoms with van der Waals surface area (Å²) < 4.78 is 19.5. The van der Waals surface area contributed by atoms with E-state index in [1.54, 1.807) is 35.5 Å². The Hall–Kier alpha value is 0.574. The van der Waals surface area contributed by atoms with Gasteiger partial charge in [0, 0.05) is 0 Å².